The van der Waals surface area contributed by atoms with Gasteiger partial charge in [0.1, 0.15) is 40.7 Å². The molecule has 6 rings (SSSR count). The minimum absolute atomic E-state index is 0.00107. The second-order valence-electron chi connectivity index (χ2n) is 13.6. The first-order chi connectivity index (χ1) is 27.8. The van der Waals surface area contributed by atoms with E-state index in [4.69, 9.17) is 9.47 Å². The fourth-order valence-electron chi connectivity index (χ4n) is 6.41. The quantitative estimate of drug-likeness (QED) is 0.120. The lowest BCUT2D eigenvalue weighted by atomic mass is 9.98. The highest BCUT2D eigenvalue weighted by molar-refractivity contribution is 7.91. The lowest BCUT2D eigenvalue weighted by molar-refractivity contribution is -0.137. The highest BCUT2D eigenvalue weighted by atomic mass is 32.2. The van der Waals surface area contributed by atoms with Crippen LogP contribution < -0.4 is 9.47 Å². The Morgan fingerprint density at radius 1 is 0.661 bits per heavy atom. The molecule has 0 heterocycles. The third-order valence-corrected chi connectivity index (χ3v) is 13.2. The summed E-state index contributed by atoms with van der Waals surface area (Å²) in [6, 6.07) is 22.1. The Morgan fingerprint density at radius 3 is 1.63 bits per heavy atom. The van der Waals surface area contributed by atoms with Gasteiger partial charge in [-0.05, 0) is 120 Å². The molecule has 0 bridgehead atoms. The molecule has 0 aliphatic heterocycles. The molecule has 0 radical (unpaired) electrons. The number of aliphatic carboxylic acids is 2. The molecule has 0 fully saturated rings. The van der Waals surface area contributed by atoms with E-state index in [2.05, 4.69) is 0 Å². The summed E-state index contributed by atoms with van der Waals surface area (Å²) in [5.41, 5.74) is 2.67. The number of halogens is 2. The Kier molecular flexibility index (Phi) is 13.1. The smallest absolute Gasteiger partial charge is 0.307 e. The Bertz CT molecular complexity index is 2920. The summed E-state index contributed by atoms with van der Waals surface area (Å²) >= 11 is 0. The molecule has 0 aromatic heterocycles. The van der Waals surface area contributed by atoms with Crippen molar-refractivity contribution in [2.45, 2.75) is 57.3 Å². The third kappa shape index (κ3) is 9.85. The molecule has 0 saturated heterocycles. The number of hydrogen-bond acceptors (Lipinski definition) is 9. The molecule has 6 aromatic rings. The average molecular weight is 844 g/mol. The number of carbonyl (C=O) groups is 2. The minimum atomic E-state index is -3.51. The Labute approximate surface area is 339 Å². The van der Waals surface area contributed by atoms with Crippen LogP contribution in [0.4, 0.5) is 8.78 Å². The predicted molar refractivity (Wildman–Crippen MR) is 218 cm³/mol. The summed E-state index contributed by atoms with van der Waals surface area (Å²) in [6.07, 6.45) is -0.448. The number of ether oxygens (including phenoxy) is 2. The van der Waals surface area contributed by atoms with Gasteiger partial charge in [-0.15, -0.1) is 0 Å². The maximum Gasteiger partial charge on any atom is 0.307 e. The van der Waals surface area contributed by atoms with Gasteiger partial charge in [-0.2, -0.15) is 5.26 Å². The van der Waals surface area contributed by atoms with Crippen molar-refractivity contribution in [2.75, 3.05) is 11.5 Å². The van der Waals surface area contributed by atoms with E-state index in [-0.39, 0.29) is 51.2 Å². The van der Waals surface area contributed by atoms with Gasteiger partial charge in [-0.3, -0.25) is 9.59 Å². The van der Waals surface area contributed by atoms with Gasteiger partial charge in [0.05, 0.1) is 39.7 Å². The van der Waals surface area contributed by atoms with Crippen molar-refractivity contribution in [2.24, 2.45) is 0 Å². The molecular formula is C44H39F2NO10S2. The zero-order valence-electron chi connectivity index (χ0n) is 32.6. The summed E-state index contributed by atoms with van der Waals surface area (Å²) in [4.78, 5) is 22.7. The zero-order chi connectivity index (χ0) is 43.4. The van der Waals surface area contributed by atoms with Gasteiger partial charge >= 0.3 is 11.9 Å². The highest BCUT2D eigenvalue weighted by Gasteiger charge is 2.21. The van der Waals surface area contributed by atoms with Gasteiger partial charge in [-0.25, -0.2) is 25.6 Å². The number of carboxylic acids is 2. The number of nitrogens with zero attached hydrogens (tertiary/aromatic N) is 1. The van der Waals surface area contributed by atoms with Crippen LogP contribution in [0.15, 0.2) is 94.7 Å². The predicted octanol–water partition coefficient (Wildman–Crippen LogP) is 9.18. The molecule has 6 aromatic carbocycles. The molecule has 0 spiro atoms. The fraction of sp³-hybridized carbons (Fsp3) is 0.205. The summed E-state index contributed by atoms with van der Waals surface area (Å²) in [5, 5.41) is 30.1. The van der Waals surface area contributed by atoms with Gasteiger partial charge in [-0.1, -0.05) is 38.1 Å². The molecular weight excluding hydrogens is 805 g/mol. The van der Waals surface area contributed by atoms with E-state index in [1.807, 2.05) is 6.07 Å². The van der Waals surface area contributed by atoms with Gasteiger partial charge < -0.3 is 19.7 Å². The monoisotopic (exact) mass is 843 g/mol. The summed E-state index contributed by atoms with van der Waals surface area (Å²) < 4.78 is 88.3. The number of nitriles is 1. The number of carboxylic acid groups (broad SMARTS) is 2. The van der Waals surface area contributed by atoms with Crippen LogP contribution in [0.1, 0.15) is 47.2 Å². The number of sulfone groups is 2. The number of benzene rings is 6. The van der Waals surface area contributed by atoms with Gasteiger partial charge in [0.25, 0.3) is 0 Å². The number of rotatable bonds is 12. The lowest BCUT2D eigenvalue weighted by Crippen LogP contribution is -2.06. The summed E-state index contributed by atoms with van der Waals surface area (Å²) in [5.74, 6) is -2.02. The second kappa shape index (κ2) is 17.6. The highest BCUT2D eigenvalue weighted by Crippen LogP contribution is 2.39. The molecule has 0 unspecified atom stereocenters. The van der Waals surface area contributed by atoms with Gasteiger partial charge in [0.15, 0.2) is 19.7 Å². The van der Waals surface area contributed by atoms with Crippen LogP contribution in [0.3, 0.4) is 0 Å². The largest absolute Gasteiger partial charge is 0.481 e. The number of aryl methyl sites for hydroxylation is 1. The number of hydrogen-bond donors (Lipinski definition) is 2. The number of fused-ring (bicyclic) bond motifs is 2. The second-order valence-corrected chi connectivity index (χ2v) is 18.1. The van der Waals surface area contributed by atoms with Crippen molar-refractivity contribution in [3.05, 3.63) is 130 Å². The van der Waals surface area contributed by atoms with E-state index < -0.39 is 43.2 Å². The van der Waals surface area contributed by atoms with Crippen molar-refractivity contribution in [3.8, 4) is 29.1 Å². The molecule has 306 valence electrons. The van der Waals surface area contributed by atoms with Crippen LogP contribution in [-0.2, 0) is 42.1 Å². The van der Waals surface area contributed by atoms with E-state index >= 15 is 0 Å². The van der Waals surface area contributed by atoms with Crippen molar-refractivity contribution in [1.82, 2.24) is 0 Å². The molecule has 15 heteroatoms. The molecule has 0 aliphatic carbocycles. The minimum Gasteiger partial charge on any atom is -0.481 e. The van der Waals surface area contributed by atoms with E-state index in [1.54, 1.807) is 58.0 Å². The summed E-state index contributed by atoms with van der Waals surface area (Å²) in [6.45, 7) is 8.14. The van der Waals surface area contributed by atoms with Crippen LogP contribution in [-0.4, -0.2) is 50.5 Å². The maximum atomic E-state index is 13.9. The van der Waals surface area contributed by atoms with Gasteiger partial charge in [0, 0.05) is 10.8 Å². The molecule has 0 atom stereocenters. The maximum absolute atomic E-state index is 13.9. The molecule has 0 amide bonds. The topological polar surface area (TPSA) is 185 Å². The Balaban J connectivity index is 0.000000224. The molecule has 2 N–H and O–H groups in total. The Hall–Kier alpha value is -6.37. The average Bonchev–Trinajstić information content (AvgIpc) is 3.18. The Morgan fingerprint density at radius 2 is 1.17 bits per heavy atom. The van der Waals surface area contributed by atoms with Crippen LogP contribution in [0, 0.1) is 43.7 Å². The van der Waals surface area contributed by atoms with Crippen LogP contribution in [0.25, 0.3) is 21.5 Å². The van der Waals surface area contributed by atoms with Crippen LogP contribution >= 0.6 is 0 Å². The third-order valence-electron chi connectivity index (χ3n) is 9.61. The fourth-order valence-corrected chi connectivity index (χ4v) is 8.45. The molecule has 59 heavy (non-hydrogen) atoms. The van der Waals surface area contributed by atoms with E-state index in [9.17, 15) is 50.7 Å². The normalized spacial score (nSPS) is 11.4. The van der Waals surface area contributed by atoms with Crippen molar-refractivity contribution in [3.63, 3.8) is 0 Å². The first-order valence-electron chi connectivity index (χ1n) is 18.1. The van der Waals surface area contributed by atoms with E-state index in [1.165, 1.54) is 61.5 Å². The lowest BCUT2D eigenvalue weighted by Gasteiger charge is -2.16. The van der Waals surface area contributed by atoms with Crippen molar-refractivity contribution in [1.29, 1.82) is 5.26 Å². The molecule has 11 nitrogen and oxygen atoms in total. The van der Waals surface area contributed by atoms with Crippen molar-refractivity contribution >= 4 is 53.2 Å². The zero-order valence-corrected chi connectivity index (χ0v) is 34.2. The van der Waals surface area contributed by atoms with E-state index in [0.717, 1.165) is 0 Å². The van der Waals surface area contributed by atoms with Crippen LogP contribution in [0.2, 0.25) is 0 Å². The molecule has 0 saturated carbocycles. The van der Waals surface area contributed by atoms with Crippen molar-refractivity contribution < 1.29 is 54.9 Å². The molecule has 0 aliphatic rings. The van der Waals surface area contributed by atoms with E-state index in [0.29, 0.717) is 60.9 Å². The van der Waals surface area contributed by atoms with Gasteiger partial charge in [0.2, 0.25) is 0 Å². The summed E-state index contributed by atoms with van der Waals surface area (Å²) in [7, 11) is -6.87. The first kappa shape index (κ1) is 43.7. The van der Waals surface area contributed by atoms with Crippen LogP contribution in [0.5, 0.6) is 23.0 Å². The SMILES string of the molecule is CCS(=O)(=O)c1ccc(Oc2c(C)c(CC(=O)O)cc3ccc(F)cc23)c(C#N)c1.CCS(=O)(=O)c1ccc(Oc2c(C)c(CC(=O)O)cc3ccc(F)cc23)cc1C. The first-order valence-corrected chi connectivity index (χ1v) is 21.4. The standard InChI is InChI=1S/C22H18FNO5S.C22H21FO5S/c1-3-30(27,28)18-6-7-20(16(9-18)12-24)29-22-13(2)15(10-21(25)26)8-14-4-5-17(23)11-19(14)22;1-4-29(26,27)20-8-7-18(9-13(20)2)28-22-14(3)16(11-21(24)25)10-15-5-6-17(23)12-19(15)22/h4-9,11H,3,10H2,1-2H3,(H,25,26);5-10,12H,4,11H2,1-3H3,(H,24,25).